The van der Waals surface area contributed by atoms with E-state index in [1.165, 1.54) is 0 Å². The van der Waals surface area contributed by atoms with Gasteiger partial charge in [-0.1, -0.05) is 13.8 Å². The summed E-state index contributed by atoms with van der Waals surface area (Å²) in [6, 6.07) is 0.753. The molecule has 0 radical (unpaired) electrons. The fraction of sp³-hybridized carbons (Fsp3) is 0.583. The fourth-order valence-corrected chi connectivity index (χ4v) is 1.60. The van der Waals surface area contributed by atoms with Crippen molar-refractivity contribution < 1.29 is 14.7 Å². The van der Waals surface area contributed by atoms with Crippen molar-refractivity contribution in [3.63, 3.8) is 0 Å². The lowest BCUT2D eigenvalue weighted by molar-refractivity contribution is -0.139. The topological polar surface area (TPSA) is 84.2 Å². The molecule has 0 aliphatic carbocycles. The van der Waals surface area contributed by atoms with Gasteiger partial charge in [0.05, 0.1) is 0 Å². The van der Waals surface area contributed by atoms with Crippen LogP contribution in [-0.2, 0) is 11.8 Å². The van der Waals surface area contributed by atoms with Crippen LogP contribution < -0.4 is 5.32 Å². The number of carbonyl (C=O) groups excluding carboxylic acids is 1. The second-order valence-electron chi connectivity index (χ2n) is 4.79. The number of aliphatic carboxylic acids is 1. The van der Waals surface area contributed by atoms with Gasteiger partial charge in [0.15, 0.2) is 0 Å². The number of hydrogen-bond acceptors (Lipinski definition) is 3. The number of carboxylic acids is 1. The number of carboxylic acid groups (broad SMARTS) is 1. The van der Waals surface area contributed by atoms with E-state index in [-0.39, 0.29) is 11.6 Å². The van der Waals surface area contributed by atoms with E-state index in [2.05, 4.69) is 10.4 Å². The number of nitrogens with one attached hydrogen (secondary N) is 1. The molecule has 0 bridgehead atoms. The first kappa shape index (κ1) is 14.2. The molecule has 1 aromatic rings. The highest BCUT2D eigenvalue weighted by Crippen LogP contribution is 2.07. The predicted octanol–water partition coefficient (Wildman–Crippen LogP) is 0.958. The SMILES string of the molecule is Cc1cc(C(=O)N[C@@H](CC(C)C)C(=O)O)nn1C. The molecule has 100 valence electrons. The van der Waals surface area contributed by atoms with Crippen LogP contribution in [0.1, 0.15) is 36.5 Å². The van der Waals surface area contributed by atoms with Gasteiger partial charge in [-0.15, -0.1) is 0 Å². The largest absolute Gasteiger partial charge is 0.480 e. The highest BCUT2D eigenvalue weighted by Gasteiger charge is 2.22. The zero-order valence-corrected chi connectivity index (χ0v) is 11.1. The third kappa shape index (κ3) is 3.58. The Morgan fingerprint density at radius 2 is 2.11 bits per heavy atom. The molecule has 0 unspecified atom stereocenters. The van der Waals surface area contributed by atoms with Gasteiger partial charge in [0.2, 0.25) is 0 Å². The van der Waals surface area contributed by atoms with Crippen molar-refractivity contribution in [2.45, 2.75) is 33.2 Å². The summed E-state index contributed by atoms with van der Waals surface area (Å²) >= 11 is 0. The predicted molar refractivity (Wildman–Crippen MR) is 66.3 cm³/mol. The third-order valence-electron chi connectivity index (χ3n) is 2.66. The van der Waals surface area contributed by atoms with E-state index in [1.807, 2.05) is 20.8 Å². The standard InChI is InChI=1S/C12H19N3O3/c1-7(2)5-10(12(17)18)13-11(16)9-6-8(3)15(4)14-9/h6-7,10H,5H2,1-4H3,(H,13,16)(H,17,18)/t10-/m0/s1. The summed E-state index contributed by atoms with van der Waals surface area (Å²) in [5, 5.41) is 15.5. The van der Waals surface area contributed by atoms with Crippen molar-refractivity contribution in [2.24, 2.45) is 13.0 Å². The zero-order chi connectivity index (χ0) is 13.9. The van der Waals surface area contributed by atoms with Gasteiger partial charge in [-0.25, -0.2) is 4.79 Å². The molecule has 18 heavy (non-hydrogen) atoms. The number of carbonyl (C=O) groups is 2. The minimum atomic E-state index is -1.02. The van der Waals surface area contributed by atoms with Crippen molar-refractivity contribution in [3.05, 3.63) is 17.5 Å². The molecule has 1 aromatic heterocycles. The lowest BCUT2D eigenvalue weighted by Gasteiger charge is -2.15. The molecule has 0 aromatic carbocycles. The first-order chi connectivity index (χ1) is 8.31. The summed E-state index contributed by atoms with van der Waals surface area (Å²) in [5.74, 6) is -1.28. The Kier molecular flexibility index (Phi) is 4.47. The second kappa shape index (κ2) is 5.66. The Hall–Kier alpha value is -1.85. The van der Waals surface area contributed by atoms with Crippen LogP contribution in [0.25, 0.3) is 0 Å². The molecule has 6 nitrogen and oxygen atoms in total. The summed E-state index contributed by atoms with van der Waals surface area (Å²) < 4.78 is 1.58. The smallest absolute Gasteiger partial charge is 0.326 e. The van der Waals surface area contributed by atoms with E-state index in [0.717, 1.165) is 5.69 Å². The quantitative estimate of drug-likeness (QED) is 0.818. The molecule has 2 N–H and O–H groups in total. The molecule has 0 fully saturated rings. The van der Waals surface area contributed by atoms with Gasteiger partial charge in [0.25, 0.3) is 5.91 Å². The maximum absolute atomic E-state index is 11.9. The van der Waals surface area contributed by atoms with Crippen molar-refractivity contribution in [1.82, 2.24) is 15.1 Å². The highest BCUT2D eigenvalue weighted by atomic mass is 16.4. The first-order valence-corrected chi connectivity index (χ1v) is 5.85. The maximum atomic E-state index is 11.9. The molecule has 0 saturated carbocycles. The van der Waals surface area contributed by atoms with Crippen LogP contribution in [0.3, 0.4) is 0 Å². The van der Waals surface area contributed by atoms with Crippen LogP contribution in [0.2, 0.25) is 0 Å². The minimum absolute atomic E-state index is 0.192. The Morgan fingerprint density at radius 1 is 1.50 bits per heavy atom. The molecule has 1 heterocycles. The van der Waals surface area contributed by atoms with Crippen molar-refractivity contribution in [2.75, 3.05) is 0 Å². The van der Waals surface area contributed by atoms with E-state index in [1.54, 1.807) is 17.8 Å². The normalized spacial score (nSPS) is 12.5. The minimum Gasteiger partial charge on any atom is -0.480 e. The molecule has 0 aliphatic heterocycles. The summed E-state index contributed by atoms with van der Waals surface area (Å²) in [4.78, 5) is 22.9. The fourth-order valence-electron chi connectivity index (χ4n) is 1.60. The van der Waals surface area contributed by atoms with E-state index in [0.29, 0.717) is 6.42 Å². The molecule has 0 spiro atoms. The van der Waals surface area contributed by atoms with Crippen LogP contribution in [0.5, 0.6) is 0 Å². The van der Waals surface area contributed by atoms with Crippen molar-refractivity contribution >= 4 is 11.9 Å². The average Bonchev–Trinajstić information content (AvgIpc) is 2.57. The Morgan fingerprint density at radius 3 is 2.50 bits per heavy atom. The Labute approximate surface area is 106 Å². The van der Waals surface area contributed by atoms with Crippen LogP contribution in [0, 0.1) is 12.8 Å². The molecular formula is C12H19N3O3. The van der Waals surface area contributed by atoms with Gasteiger partial charge in [-0.05, 0) is 25.3 Å². The van der Waals surface area contributed by atoms with Crippen molar-refractivity contribution in [3.8, 4) is 0 Å². The van der Waals surface area contributed by atoms with E-state index in [4.69, 9.17) is 5.11 Å². The van der Waals surface area contributed by atoms with Crippen LogP contribution in [0.15, 0.2) is 6.07 Å². The summed E-state index contributed by atoms with van der Waals surface area (Å²) in [7, 11) is 1.73. The summed E-state index contributed by atoms with van der Waals surface area (Å²) in [5.41, 5.74) is 1.08. The van der Waals surface area contributed by atoms with Gasteiger partial charge in [0, 0.05) is 12.7 Å². The van der Waals surface area contributed by atoms with Gasteiger partial charge in [-0.3, -0.25) is 9.48 Å². The van der Waals surface area contributed by atoms with Crippen molar-refractivity contribution in [1.29, 1.82) is 0 Å². The van der Waals surface area contributed by atoms with Crippen LogP contribution in [-0.4, -0.2) is 32.8 Å². The van der Waals surface area contributed by atoms with E-state index in [9.17, 15) is 9.59 Å². The lowest BCUT2D eigenvalue weighted by atomic mass is 10.0. The maximum Gasteiger partial charge on any atom is 0.326 e. The summed E-state index contributed by atoms with van der Waals surface area (Å²) in [6.45, 7) is 5.65. The number of aryl methyl sites for hydroxylation is 2. The molecule has 0 saturated heterocycles. The number of hydrogen-bond donors (Lipinski definition) is 2. The average molecular weight is 253 g/mol. The number of amides is 1. The Bertz CT molecular complexity index is 432. The van der Waals surface area contributed by atoms with Crippen LogP contribution in [0.4, 0.5) is 0 Å². The molecule has 0 aliphatic rings. The second-order valence-corrected chi connectivity index (χ2v) is 4.79. The number of nitrogens with zero attached hydrogens (tertiary/aromatic N) is 2. The van der Waals surface area contributed by atoms with Crippen LogP contribution >= 0.6 is 0 Å². The molecular weight excluding hydrogens is 234 g/mol. The molecule has 1 atom stereocenters. The van der Waals surface area contributed by atoms with Gasteiger partial charge < -0.3 is 10.4 Å². The number of aromatic nitrogens is 2. The lowest BCUT2D eigenvalue weighted by Crippen LogP contribution is -2.41. The molecule has 1 amide bonds. The zero-order valence-electron chi connectivity index (χ0n) is 11.1. The van der Waals surface area contributed by atoms with Gasteiger partial charge >= 0.3 is 5.97 Å². The van der Waals surface area contributed by atoms with E-state index >= 15 is 0 Å². The summed E-state index contributed by atoms with van der Waals surface area (Å²) in [6.07, 6.45) is 0.396. The third-order valence-corrected chi connectivity index (χ3v) is 2.66. The van der Waals surface area contributed by atoms with Gasteiger partial charge in [-0.2, -0.15) is 5.10 Å². The van der Waals surface area contributed by atoms with E-state index < -0.39 is 17.9 Å². The molecule has 6 heteroatoms. The Balaban J connectivity index is 2.75. The monoisotopic (exact) mass is 253 g/mol. The number of rotatable bonds is 5. The highest BCUT2D eigenvalue weighted by molar-refractivity contribution is 5.95. The van der Waals surface area contributed by atoms with Gasteiger partial charge in [0.1, 0.15) is 11.7 Å². The molecule has 1 rings (SSSR count). The first-order valence-electron chi connectivity index (χ1n) is 5.85.